The molecule has 0 saturated carbocycles. The van der Waals surface area contributed by atoms with Crippen molar-refractivity contribution in [1.29, 1.82) is 0 Å². The molecule has 0 bridgehead atoms. The van der Waals surface area contributed by atoms with Crippen LogP contribution in [0.15, 0.2) is 72.3 Å². The fourth-order valence-electron chi connectivity index (χ4n) is 4.16. The molecule has 1 heterocycles. The van der Waals surface area contributed by atoms with E-state index >= 15 is 0 Å². The van der Waals surface area contributed by atoms with Crippen molar-refractivity contribution in [1.82, 2.24) is 0 Å². The molecule has 0 radical (unpaired) electrons. The van der Waals surface area contributed by atoms with Crippen LogP contribution in [-0.4, -0.2) is 38.1 Å². The zero-order valence-electron chi connectivity index (χ0n) is 19.4. The van der Waals surface area contributed by atoms with Gasteiger partial charge < -0.3 is 19.3 Å². The Morgan fingerprint density at radius 3 is 2.12 bits per heavy atom. The fourth-order valence-corrected chi connectivity index (χ4v) is 4.16. The Labute approximate surface area is 197 Å². The number of amides is 1. The number of Topliss-reactive ketones (excluding diaryl/α,β-unsaturated/α-hetero) is 1. The van der Waals surface area contributed by atoms with Crippen LogP contribution in [-0.2, 0) is 9.59 Å². The van der Waals surface area contributed by atoms with Gasteiger partial charge >= 0.3 is 0 Å². The molecule has 1 atom stereocenters. The van der Waals surface area contributed by atoms with E-state index in [-0.39, 0.29) is 16.9 Å². The molecule has 3 aromatic rings. The first-order valence-corrected chi connectivity index (χ1v) is 10.6. The first kappa shape index (κ1) is 22.9. The highest BCUT2D eigenvalue weighted by molar-refractivity contribution is 6.51. The van der Waals surface area contributed by atoms with E-state index in [1.165, 1.54) is 19.1 Å². The summed E-state index contributed by atoms with van der Waals surface area (Å²) in [6.45, 7) is 1.87. The van der Waals surface area contributed by atoms with Crippen molar-refractivity contribution in [3.63, 3.8) is 0 Å². The van der Waals surface area contributed by atoms with Crippen LogP contribution in [0.1, 0.15) is 22.7 Å². The minimum Gasteiger partial charge on any atom is -0.507 e. The monoisotopic (exact) mass is 459 g/mol. The molecule has 0 aliphatic carbocycles. The summed E-state index contributed by atoms with van der Waals surface area (Å²) in [6.07, 6.45) is 0. The standard InChI is InChI=1S/C27H25NO6/c1-16-7-5-6-8-21(16)28-24(17-9-11-18(32-2)12-10-17)23(26(30)27(28)31)25(29)20-15-19(33-3)13-14-22(20)34-4/h5-15,24,29H,1-4H3/b25-23+. The lowest BCUT2D eigenvalue weighted by Crippen LogP contribution is -2.30. The summed E-state index contributed by atoms with van der Waals surface area (Å²) in [6, 6.07) is 18.4. The van der Waals surface area contributed by atoms with E-state index in [0.29, 0.717) is 28.5 Å². The second-order valence-corrected chi connectivity index (χ2v) is 7.79. The van der Waals surface area contributed by atoms with E-state index < -0.39 is 17.7 Å². The summed E-state index contributed by atoms with van der Waals surface area (Å²) in [7, 11) is 4.52. The number of rotatable bonds is 6. The molecular formula is C27H25NO6. The average Bonchev–Trinajstić information content (AvgIpc) is 3.13. The minimum absolute atomic E-state index is 0.0371. The van der Waals surface area contributed by atoms with Gasteiger partial charge in [0.05, 0.1) is 38.5 Å². The third-order valence-electron chi connectivity index (χ3n) is 5.91. The summed E-state index contributed by atoms with van der Waals surface area (Å²) < 4.78 is 16.0. The fraction of sp³-hybridized carbons (Fsp3) is 0.185. The summed E-state index contributed by atoms with van der Waals surface area (Å²) in [4.78, 5) is 28.1. The molecule has 174 valence electrons. The van der Waals surface area contributed by atoms with E-state index in [0.717, 1.165) is 5.56 Å². The Balaban J connectivity index is 1.99. The number of hydrogen-bond donors (Lipinski definition) is 1. The van der Waals surface area contributed by atoms with E-state index in [4.69, 9.17) is 14.2 Å². The molecular weight excluding hydrogens is 434 g/mol. The zero-order chi connectivity index (χ0) is 24.4. The number of aryl methyl sites for hydroxylation is 1. The van der Waals surface area contributed by atoms with Crippen molar-refractivity contribution in [2.45, 2.75) is 13.0 Å². The van der Waals surface area contributed by atoms with Gasteiger partial charge in [-0.25, -0.2) is 0 Å². The van der Waals surface area contributed by atoms with Gasteiger partial charge in [0.25, 0.3) is 11.7 Å². The minimum atomic E-state index is -0.858. The summed E-state index contributed by atoms with van der Waals surface area (Å²) in [5.74, 6) is -0.410. The van der Waals surface area contributed by atoms with Crippen molar-refractivity contribution >= 4 is 23.1 Å². The largest absolute Gasteiger partial charge is 0.507 e. The van der Waals surface area contributed by atoms with Crippen LogP contribution in [0.5, 0.6) is 17.2 Å². The molecule has 0 spiro atoms. The van der Waals surface area contributed by atoms with E-state index in [1.807, 2.05) is 19.1 Å². The molecule has 3 aromatic carbocycles. The molecule has 1 aliphatic heterocycles. The van der Waals surface area contributed by atoms with Crippen molar-refractivity contribution in [2.24, 2.45) is 0 Å². The SMILES string of the molecule is COc1ccc(C2/C(=C(\O)c3cc(OC)ccc3OC)C(=O)C(=O)N2c2ccccc2C)cc1. The van der Waals surface area contributed by atoms with Gasteiger partial charge in [-0.05, 0) is 54.4 Å². The number of hydrogen-bond acceptors (Lipinski definition) is 6. The summed E-state index contributed by atoms with van der Waals surface area (Å²) in [5, 5.41) is 11.4. The Morgan fingerprint density at radius 1 is 0.853 bits per heavy atom. The van der Waals surface area contributed by atoms with E-state index in [9.17, 15) is 14.7 Å². The smallest absolute Gasteiger partial charge is 0.300 e. The van der Waals surface area contributed by atoms with Crippen molar-refractivity contribution in [3.8, 4) is 17.2 Å². The molecule has 1 unspecified atom stereocenters. The normalized spacial score (nSPS) is 17.1. The van der Waals surface area contributed by atoms with Crippen LogP contribution < -0.4 is 19.1 Å². The second kappa shape index (κ2) is 9.31. The highest BCUT2D eigenvalue weighted by Gasteiger charge is 2.47. The maximum Gasteiger partial charge on any atom is 0.300 e. The Kier molecular flexibility index (Phi) is 6.27. The number of nitrogens with zero attached hydrogens (tertiary/aromatic N) is 1. The number of aliphatic hydroxyl groups is 1. The van der Waals surface area contributed by atoms with Crippen LogP contribution >= 0.6 is 0 Å². The molecule has 34 heavy (non-hydrogen) atoms. The lowest BCUT2D eigenvalue weighted by atomic mass is 9.94. The van der Waals surface area contributed by atoms with Gasteiger partial charge in [0.15, 0.2) is 0 Å². The van der Waals surface area contributed by atoms with Crippen LogP contribution in [0.25, 0.3) is 5.76 Å². The van der Waals surface area contributed by atoms with Gasteiger partial charge in [-0.3, -0.25) is 14.5 Å². The first-order valence-electron chi connectivity index (χ1n) is 10.6. The topological polar surface area (TPSA) is 85.3 Å². The maximum atomic E-state index is 13.4. The predicted molar refractivity (Wildman–Crippen MR) is 129 cm³/mol. The number of methoxy groups -OCH3 is 3. The van der Waals surface area contributed by atoms with E-state index in [2.05, 4.69) is 0 Å². The third-order valence-corrected chi connectivity index (χ3v) is 5.91. The maximum absolute atomic E-state index is 13.4. The van der Waals surface area contributed by atoms with Gasteiger partial charge in [0, 0.05) is 5.69 Å². The first-order chi connectivity index (χ1) is 16.4. The third kappa shape index (κ3) is 3.85. The number of benzene rings is 3. The Bertz CT molecular complexity index is 1280. The molecule has 4 rings (SSSR count). The van der Waals surface area contributed by atoms with E-state index in [1.54, 1.807) is 61.7 Å². The molecule has 7 heteroatoms. The number of carbonyl (C=O) groups excluding carboxylic acids is 2. The van der Waals surface area contributed by atoms with Crippen LogP contribution in [0.3, 0.4) is 0 Å². The molecule has 0 aromatic heterocycles. The van der Waals surface area contributed by atoms with Crippen molar-refractivity contribution < 1.29 is 28.9 Å². The number of aliphatic hydroxyl groups excluding tert-OH is 1. The number of anilines is 1. The van der Waals surface area contributed by atoms with Crippen LogP contribution in [0.4, 0.5) is 5.69 Å². The number of ketones is 1. The summed E-state index contributed by atoms with van der Waals surface area (Å²) in [5.41, 5.74) is 2.27. The van der Waals surface area contributed by atoms with Gasteiger partial charge in [-0.15, -0.1) is 0 Å². The Hall–Kier alpha value is -4.26. The van der Waals surface area contributed by atoms with Crippen molar-refractivity contribution in [3.05, 3.63) is 89.0 Å². The Morgan fingerprint density at radius 2 is 1.50 bits per heavy atom. The van der Waals surface area contributed by atoms with Gasteiger partial charge in [0.1, 0.15) is 23.0 Å². The highest BCUT2D eigenvalue weighted by atomic mass is 16.5. The second-order valence-electron chi connectivity index (χ2n) is 7.79. The summed E-state index contributed by atoms with van der Waals surface area (Å²) >= 11 is 0. The van der Waals surface area contributed by atoms with Crippen LogP contribution in [0, 0.1) is 6.92 Å². The highest BCUT2D eigenvalue weighted by Crippen LogP contribution is 2.44. The molecule has 1 fully saturated rings. The average molecular weight is 459 g/mol. The number of para-hydroxylation sites is 1. The van der Waals surface area contributed by atoms with Crippen LogP contribution in [0.2, 0.25) is 0 Å². The molecule has 1 amide bonds. The number of ether oxygens (including phenoxy) is 3. The lowest BCUT2D eigenvalue weighted by molar-refractivity contribution is -0.132. The quantitative estimate of drug-likeness (QED) is 0.328. The van der Waals surface area contributed by atoms with Gasteiger partial charge in [-0.2, -0.15) is 0 Å². The number of carbonyl (C=O) groups is 2. The van der Waals surface area contributed by atoms with Crippen molar-refractivity contribution in [2.75, 3.05) is 26.2 Å². The molecule has 7 nitrogen and oxygen atoms in total. The lowest BCUT2D eigenvalue weighted by Gasteiger charge is -2.27. The van der Waals surface area contributed by atoms with Gasteiger partial charge in [-0.1, -0.05) is 30.3 Å². The molecule has 1 saturated heterocycles. The zero-order valence-corrected chi connectivity index (χ0v) is 19.4. The molecule has 1 N–H and O–H groups in total. The molecule has 1 aliphatic rings. The van der Waals surface area contributed by atoms with Gasteiger partial charge in [0.2, 0.25) is 0 Å². The predicted octanol–water partition coefficient (Wildman–Crippen LogP) is 4.65.